The molecule has 0 aliphatic heterocycles. The van der Waals surface area contributed by atoms with Gasteiger partial charge in [-0.3, -0.25) is 0 Å². The van der Waals surface area contributed by atoms with Crippen LogP contribution in [0.1, 0.15) is 13.8 Å². The van der Waals surface area contributed by atoms with E-state index in [-0.39, 0.29) is 18.5 Å². The van der Waals surface area contributed by atoms with E-state index in [2.05, 4.69) is 5.32 Å². The Kier molecular flexibility index (Phi) is 6.38. The van der Waals surface area contributed by atoms with Crippen molar-refractivity contribution in [1.29, 1.82) is 0 Å². The van der Waals surface area contributed by atoms with Crippen molar-refractivity contribution in [2.24, 2.45) is 0 Å². The molecule has 0 amide bonds. The molecule has 19 heavy (non-hydrogen) atoms. The number of nitrogen functional groups attached to an aromatic ring is 1. The number of nitrogens with two attached hydrogens (primary N) is 1. The molecule has 5 nitrogen and oxygen atoms in total. The van der Waals surface area contributed by atoms with Gasteiger partial charge in [-0.05, 0) is 13.8 Å². The van der Waals surface area contributed by atoms with E-state index in [9.17, 15) is 4.39 Å². The van der Waals surface area contributed by atoms with E-state index in [1.165, 1.54) is 12.1 Å². The Labute approximate surface area is 112 Å². The van der Waals surface area contributed by atoms with Gasteiger partial charge in [-0.15, -0.1) is 0 Å². The van der Waals surface area contributed by atoms with Crippen LogP contribution < -0.4 is 15.8 Å². The number of nitrogens with one attached hydrogen (secondary N) is 1. The summed E-state index contributed by atoms with van der Waals surface area (Å²) in [6, 6.07) is 2.77. The standard InChI is InChI=1S/C13H21FN2O3/c1-9(2)19-13-8-12(11(15)7-10(13)14)16-3-5-18-6-4-17/h7-9,16-17H,3-6,15H2,1-2H3. The molecule has 0 saturated heterocycles. The first-order chi connectivity index (χ1) is 9.04. The number of aliphatic hydroxyl groups excluding tert-OH is 1. The van der Waals surface area contributed by atoms with Gasteiger partial charge in [-0.1, -0.05) is 0 Å². The van der Waals surface area contributed by atoms with E-state index in [4.69, 9.17) is 20.3 Å². The quantitative estimate of drug-likeness (QED) is 0.495. The van der Waals surface area contributed by atoms with Gasteiger partial charge in [0.15, 0.2) is 11.6 Å². The van der Waals surface area contributed by atoms with Crippen molar-refractivity contribution in [2.45, 2.75) is 20.0 Å². The lowest BCUT2D eigenvalue weighted by atomic mass is 10.2. The van der Waals surface area contributed by atoms with E-state index >= 15 is 0 Å². The number of hydrogen-bond acceptors (Lipinski definition) is 5. The van der Waals surface area contributed by atoms with Gasteiger partial charge in [0.2, 0.25) is 0 Å². The monoisotopic (exact) mass is 272 g/mol. The van der Waals surface area contributed by atoms with Crippen LogP contribution in [0.4, 0.5) is 15.8 Å². The molecule has 0 unspecified atom stereocenters. The first-order valence-corrected chi connectivity index (χ1v) is 6.22. The van der Waals surface area contributed by atoms with Gasteiger partial charge in [0, 0.05) is 18.7 Å². The summed E-state index contributed by atoms with van der Waals surface area (Å²) in [4.78, 5) is 0. The molecule has 1 rings (SSSR count). The number of anilines is 2. The zero-order valence-electron chi connectivity index (χ0n) is 11.3. The minimum atomic E-state index is -0.478. The van der Waals surface area contributed by atoms with Crippen molar-refractivity contribution in [3.8, 4) is 5.75 Å². The van der Waals surface area contributed by atoms with E-state index in [1.54, 1.807) is 0 Å². The third kappa shape index (κ3) is 5.32. The molecule has 0 radical (unpaired) electrons. The Morgan fingerprint density at radius 1 is 1.37 bits per heavy atom. The zero-order valence-corrected chi connectivity index (χ0v) is 11.3. The molecule has 1 aromatic rings. The number of halogens is 1. The van der Waals surface area contributed by atoms with Crippen LogP contribution in [0.5, 0.6) is 5.75 Å². The molecule has 0 heterocycles. The predicted molar refractivity (Wildman–Crippen MR) is 73.0 cm³/mol. The Hall–Kier alpha value is -1.53. The van der Waals surface area contributed by atoms with Crippen LogP contribution in [0.2, 0.25) is 0 Å². The SMILES string of the molecule is CC(C)Oc1cc(NCCOCCO)c(N)cc1F. The number of aliphatic hydroxyl groups is 1. The Morgan fingerprint density at radius 3 is 2.74 bits per heavy atom. The van der Waals surface area contributed by atoms with Crippen molar-refractivity contribution in [1.82, 2.24) is 0 Å². The fourth-order valence-electron chi connectivity index (χ4n) is 1.49. The molecular weight excluding hydrogens is 251 g/mol. The second-order valence-electron chi connectivity index (χ2n) is 4.30. The maximum atomic E-state index is 13.6. The summed E-state index contributed by atoms with van der Waals surface area (Å²) in [5, 5.41) is 11.6. The first-order valence-electron chi connectivity index (χ1n) is 6.22. The van der Waals surface area contributed by atoms with Gasteiger partial charge < -0.3 is 25.6 Å². The van der Waals surface area contributed by atoms with Gasteiger partial charge in [0.25, 0.3) is 0 Å². The summed E-state index contributed by atoms with van der Waals surface area (Å²) in [6.07, 6.45) is -0.112. The highest BCUT2D eigenvalue weighted by atomic mass is 19.1. The van der Waals surface area contributed by atoms with Crippen LogP contribution >= 0.6 is 0 Å². The third-order valence-electron chi connectivity index (χ3n) is 2.26. The third-order valence-corrected chi connectivity index (χ3v) is 2.26. The molecular formula is C13H21FN2O3. The van der Waals surface area contributed by atoms with Crippen molar-refractivity contribution >= 4 is 11.4 Å². The highest BCUT2D eigenvalue weighted by molar-refractivity contribution is 5.68. The highest BCUT2D eigenvalue weighted by Crippen LogP contribution is 2.28. The summed E-state index contributed by atoms with van der Waals surface area (Å²) in [7, 11) is 0. The smallest absolute Gasteiger partial charge is 0.167 e. The minimum Gasteiger partial charge on any atom is -0.488 e. The average molecular weight is 272 g/mol. The highest BCUT2D eigenvalue weighted by Gasteiger charge is 2.10. The molecule has 0 aromatic heterocycles. The molecule has 4 N–H and O–H groups in total. The molecule has 0 spiro atoms. The molecule has 0 bridgehead atoms. The predicted octanol–water partition coefficient (Wildman–Crippen LogP) is 1.62. The molecule has 0 fully saturated rings. The summed E-state index contributed by atoms with van der Waals surface area (Å²) in [5.74, 6) is -0.309. The van der Waals surface area contributed by atoms with Gasteiger partial charge in [0.05, 0.1) is 37.3 Å². The molecule has 0 aliphatic rings. The maximum Gasteiger partial charge on any atom is 0.167 e. The number of benzene rings is 1. The maximum absolute atomic E-state index is 13.6. The van der Waals surface area contributed by atoms with Crippen molar-refractivity contribution in [3.05, 3.63) is 17.9 Å². The first kappa shape index (κ1) is 15.5. The van der Waals surface area contributed by atoms with Crippen LogP contribution in [-0.4, -0.2) is 37.6 Å². The van der Waals surface area contributed by atoms with Crippen LogP contribution in [0, 0.1) is 5.82 Å². The van der Waals surface area contributed by atoms with Crippen LogP contribution in [-0.2, 0) is 4.74 Å². The van der Waals surface area contributed by atoms with E-state index in [1.807, 2.05) is 13.8 Å². The zero-order chi connectivity index (χ0) is 14.3. The van der Waals surface area contributed by atoms with E-state index in [0.717, 1.165) is 0 Å². The Bertz CT molecular complexity index is 400. The van der Waals surface area contributed by atoms with Gasteiger partial charge in [-0.25, -0.2) is 4.39 Å². The molecule has 0 atom stereocenters. The van der Waals surface area contributed by atoms with Gasteiger partial charge >= 0.3 is 0 Å². The second-order valence-corrected chi connectivity index (χ2v) is 4.30. The topological polar surface area (TPSA) is 76.7 Å². The van der Waals surface area contributed by atoms with Crippen LogP contribution in [0.25, 0.3) is 0 Å². The van der Waals surface area contributed by atoms with Crippen molar-refractivity contribution in [2.75, 3.05) is 37.4 Å². The summed E-state index contributed by atoms with van der Waals surface area (Å²) >= 11 is 0. The Balaban J connectivity index is 2.61. The number of ether oxygens (including phenoxy) is 2. The van der Waals surface area contributed by atoms with Gasteiger partial charge in [-0.2, -0.15) is 0 Å². The Morgan fingerprint density at radius 2 is 2.11 bits per heavy atom. The molecule has 6 heteroatoms. The molecule has 0 aliphatic carbocycles. The fraction of sp³-hybridized carbons (Fsp3) is 0.538. The fourth-order valence-corrected chi connectivity index (χ4v) is 1.49. The molecule has 1 aromatic carbocycles. The average Bonchev–Trinajstić information content (AvgIpc) is 2.33. The lowest BCUT2D eigenvalue weighted by molar-refractivity contribution is 0.0992. The normalized spacial score (nSPS) is 10.8. The molecule has 0 saturated carbocycles. The van der Waals surface area contributed by atoms with E-state index < -0.39 is 5.82 Å². The largest absolute Gasteiger partial charge is 0.488 e. The van der Waals surface area contributed by atoms with Crippen molar-refractivity contribution < 1.29 is 19.0 Å². The van der Waals surface area contributed by atoms with E-state index in [0.29, 0.717) is 31.1 Å². The summed E-state index contributed by atoms with van der Waals surface area (Å²) in [5.41, 5.74) is 6.64. The van der Waals surface area contributed by atoms with Gasteiger partial charge in [0.1, 0.15) is 0 Å². The summed E-state index contributed by atoms with van der Waals surface area (Å²) in [6.45, 7) is 4.87. The molecule has 108 valence electrons. The minimum absolute atomic E-state index is 0.00887. The lowest BCUT2D eigenvalue weighted by Crippen LogP contribution is -2.13. The second kappa shape index (κ2) is 7.81. The number of hydrogen-bond donors (Lipinski definition) is 3. The lowest BCUT2D eigenvalue weighted by Gasteiger charge is -2.15. The van der Waals surface area contributed by atoms with Crippen LogP contribution in [0.3, 0.4) is 0 Å². The number of rotatable bonds is 8. The summed E-state index contributed by atoms with van der Waals surface area (Å²) < 4.78 is 24.0. The van der Waals surface area contributed by atoms with Crippen molar-refractivity contribution in [3.63, 3.8) is 0 Å². The van der Waals surface area contributed by atoms with Crippen LogP contribution in [0.15, 0.2) is 12.1 Å².